The van der Waals surface area contributed by atoms with Gasteiger partial charge in [-0.25, -0.2) is 18.7 Å². The topological polar surface area (TPSA) is 55.3 Å². The molecule has 0 bridgehead atoms. The third kappa shape index (κ3) is 2.69. The molecule has 1 aromatic heterocycles. The van der Waals surface area contributed by atoms with E-state index in [0.717, 1.165) is 11.3 Å². The molecular formula is C14H17F2N3O2. The highest BCUT2D eigenvalue weighted by Crippen LogP contribution is 2.43. The van der Waals surface area contributed by atoms with E-state index in [-0.39, 0.29) is 18.7 Å². The minimum atomic E-state index is -2.66. The maximum atomic E-state index is 12.9. The summed E-state index contributed by atoms with van der Waals surface area (Å²) in [7, 11) is 1.55. The Balaban J connectivity index is 1.69. The molecule has 3 rings (SSSR count). The van der Waals surface area contributed by atoms with E-state index in [1.807, 2.05) is 0 Å². The lowest BCUT2D eigenvalue weighted by molar-refractivity contribution is -0.159. The molecule has 2 heterocycles. The minimum Gasteiger partial charge on any atom is -0.481 e. The largest absolute Gasteiger partial charge is 0.481 e. The fraction of sp³-hybridized carbons (Fsp3) is 0.643. The van der Waals surface area contributed by atoms with Gasteiger partial charge in [-0.05, 0) is 6.42 Å². The first-order valence-corrected chi connectivity index (χ1v) is 7.03. The van der Waals surface area contributed by atoms with Crippen molar-refractivity contribution in [1.82, 2.24) is 14.9 Å². The van der Waals surface area contributed by atoms with Crippen LogP contribution in [0.5, 0.6) is 5.88 Å². The lowest BCUT2D eigenvalue weighted by Gasteiger charge is -2.36. The number of nitrogens with zero attached hydrogens (tertiary/aromatic N) is 3. The molecule has 0 radical (unpaired) electrons. The van der Waals surface area contributed by atoms with Crippen LogP contribution in [0, 0.1) is 5.92 Å². The van der Waals surface area contributed by atoms with Gasteiger partial charge >= 0.3 is 0 Å². The SMILES string of the molecule is COc1ncnc2c1CCN(C(=O)C1CC(F)(F)C1)CC2. The summed E-state index contributed by atoms with van der Waals surface area (Å²) >= 11 is 0. The average molecular weight is 297 g/mol. The lowest BCUT2D eigenvalue weighted by Crippen LogP contribution is -2.47. The first kappa shape index (κ1) is 14.2. The van der Waals surface area contributed by atoms with E-state index in [1.54, 1.807) is 12.0 Å². The first-order chi connectivity index (χ1) is 10.00. The number of carbonyl (C=O) groups is 1. The van der Waals surface area contributed by atoms with Crippen LogP contribution >= 0.6 is 0 Å². The van der Waals surface area contributed by atoms with Crippen LogP contribution in [-0.2, 0) is 17.6 Å². The molecule has 1 aromatic rings. The second-order valence-electron chi connectivity index (χ2n) is 5.59. The van der Waals surface area contributed by atoms with Crippen molar-refractivity contribution in [3.05, 3.63) is 17.6 Å². The fourth-order valence-electron chi connectivity index (χ4n) is 2.99. The molecule has 114 valence electrons. The van der Waals surface area contributed by atoms with Crippen molar-refractivity contribution in [2.75, 3.05) is 20.2 Å². The van der Waals surface area contributed by atoms with E-state index >= 15 is 0 Å². The minimum absolute atomic E-state index is 0.166. The molecule has 0 saturated heterocycles. The maximum Gasteiger partial charge on any atom is 0.249 e. The van der Waals surface area contributed by atoms with Crippen molar-refractivity contribution < 1.29 is 18.3 Å². The number of aromatic nitrogens is 2. The van der Waals surface area contributed by atoms with E-state index in [0.29, 0.717) is 31.8 Å². The van der Waals surface area contributed by atoms with Gasteiger partial charge in [-0.2, -0.15) is 0 Å². The highest BCUT2D eigenvalue weighted by molar-refractivity contribution is 5.80. The Morgan fingerprint density at radius 1 is 1.33 bits per heavy atom. The summed E-state index contributed by atoms with van der Waals surface area (Å²) in [4.78, 5) is 22.2. The molecule has 0 atom stereocenters. The maximum absolute atomic E-state index is 12.9. The Bertz CT molecular complexity index is 557. The van der Waals surface area contributed by atoms with Crippen molar-refractivity contribution in [3.8, 4) is 5.88 Å². The van der Waals surface area contributed by atoms with E-state index in [1.165, 1.54) is 6.33 Å². The lowest BCUT2D eigenvalue weighted by atomic mass is 9.80. The second-order valence-corrected chi connectivity index (χ2v) is 5.59. The van der Waals surface area contributed by atoms with Crippen LogP contribution in [0.25, 0.3) is 0 Å². The van der Waals surface area contributed by atoms with Gasteiger partial charge in [0.25, 0.3) is 0 Å². The van der Waals surface area contributed by atoms with Crippen LogP contribution in [0.1, 0.15) is 24.1 Å². The van der Waals surface area contributed by atoms with Crippen molar-refractivity contribution in [3.63, 3.8) is 0 Å². The van der Waals surface area contributed by atoms with Gasteiger partial charge in [0.05, 0.1) is 12.8 Å². The van der Waals surface area contributed by atoms with Crippen molar-refractivity contribution in [1.29, 1.82) is 0 Å². The smallest absolute Gasteiger partial charge is 0.249 e. The van der Waals surface area contributed by atoms with Gasteiger partial charge in [0.1, 0.15) is 6.33 Å². The Labute approximate surface area is 121 Å². The highest BCUT2D eigenvalue weighted by Gasteiger charge is 2.49. The fourth-order valence-corrected chi connectivity index (χ4v) is 2.99. The number of alkyl halides is 2. The monoisotopic (exact) mass is 297 g/mol. The van der Waals surface area contributed by atoms with E-state index in [4.69, 9.17) is 4.74 Å². The zero-order valence-electron chi connectivity index (χ0n) is 11.8. The number of hydrogen-bond donors (Lipinski definition) is 0. The third-order valence-corrected chi connectivity index (χ3v) is 4.19. The number of hydrogen-bond acceptors (Lipinski definition) is 4. The molecule has 21 heavy (non-hydrogen) atoms. The number of carbonyl (C=O) groups excluding carboxylic acids is 1. The quantitative estimate of drug-likeness (QED) is 0.829. The first-order valence-electron chi connectivity index (χ1n) is 7.03. The molecular weight excluding hydrogens is 280 g/mol. The van der Waals surface area contributed by atoms with Crippen LogP contribution in [0.4, 0.5) is 8.78 Å². The Hall–Kier alpha value is -1.79. The van der Waals surface area contributed by atoms with Crippen LogP contribution in [0.2, 0.25) is 0 Å². The summed E-state index contributed by atoms with van der Waals surface area (Å²) in [5.41, 5.74) is 1.78. The van der Waals surface area contributed by atoms with Crippen molar-refractivity contribution in [2.45, 2.75) is 31.6 Å². The summed E-state index contributed by atoms with van der Waals surface area (Å²) in [5.74, 6) is -2.83. The van der Waals surface area contributed by atoms with Crippen LogP contribution in [0.15, 0.2) is 6.33 Å². The summed E-state index contributed by atoms with van der Waals surface area (Å²) in [5, 5.41) is 0. The second kappa shape index (κ2) is 5.20. The molecule has 0 spiro atoms. The molecule has 5 nitrogen and oxygen atoms in total. The van der Waals surface area contributed by atoms with Gasteiger partial charge < -0.3 is 9.64 Å². The number of methoxy groups -OCH3 is 1. The molecule has 0 aromatic carbocycles. The number of amides is 1. The predicted octanol–water partition coefficient (Wildman–Crippen LogP) is 1.46. The zero-order chi connectivity index (χ0) is 15.0. The summed E-state index contributed by atoms with van der Waals surface area (Å²) in [6, 6.07) is 0. The van der Waals surface area contributed by atoms with Gasteiger partial charge in [0, 0.05) is 43.8 Å². The standard InChI is InChI=1S/C14H17F2N3O2/c1-21-12-10-2-4-19(5-3-11(10)17-8-18-12)13(20)9-6-14(15,16)7-9/h8-9H,2-7H2,1H3. The van der Waals surface area contributed by atoms with Gasteiger partial charge in [-0.3, -0.25) is 4.79 Å². The Morgan fingerprint density at radius 3 is 2.71 bits per heavy atom. The molecule has 2 aliphatic rings. The molecule has 0 N–H and O–H groups in total. The van der Waals surface area contributed by atoms with Crippen LogP contribution in [-0.4, -0.2) is 46.9 Å². The van der Waals surface area contributed by atoms with Gasteiger partial charge in [0.15, 0.2) is 0 Å². The highest BCUT2D eigenvalue weighted by atomic mass is 19.3. The predicted molar refractivity (Wildman–Crippen MR) is 70.2 cm³/mol. The molecule has 0 unspecified atom stereocenters. The third-order valence-electron chi connectivity index (χ3n) is 4.19. The molecule has 1 saturated carbocycles. The summed E-state index contributed by atoms with van der Waals surface area (Å²) in [6.07, 6.45) is 2.00. The Morgan fingerprint density at radius 2 is 2.05 bits per heavy atom. The summed E-state index contributed by atoms with van der Waals surface area (Å²) in [6.45, 7) is 1.01. The van der Waals surface area contributed by atoms with Crippen LogP contribution < -0.4 is 4.74 Å². The number of ether oxygens (including phenoxy) is 1. The normalized spacial score (nSPS) is 21.2. The summed E-state index contributed by atoms with van der Waals surface area (Å²) < 4.78 is 31.0. The molecule has 1 fully saturated rings. The Kier molecular flexibility index (Phi) is 3.51. The van der Waals surface area contributed by atoms with Crippen molar-refractivity contribution in [2.24, 2.45) is 5.92 Å². The van der Waals surface area contributed by atoms with Crippen molar-refractivity contribution >= 4 is 5.91 Å². The van der Waals surface area contributed by atoms with Gasteiger partial charge in [-0.15, -0.1) is 0 Å². The number of rotatable bonds is 2. The van der Waals surface area contributed by atoms with E-state index < -0.39 is 11.8 Å². The van der Waals surface area contributed by atoms with E-state index in [2.05, 4.69) is 9.97 Å². The molecule has 1 amide bonds. The van der Waals surface area contributed by atoms with Gasteiger partial charge in [-0.1, -0.05) is 0 Å². The van der Waals surface area contributed by atoms with Gasteiger partial charge in [0.2, 0.25) is 17.7 Å². The number of halogens is 2. The molecule has 1 aliphatic heterocycles. The number of fused-ring (bicyclic) bond motifs is 1. The molecule has 1 aliphatic carbocycles. The zero-order valence-corrected chi connectivity index (χ0v) is 11.8. The average Bonchev–Trinajstić information content (AvgIpc) is 2.66. The molecule has 7 heteroatoms. The van der Waals surface area contributed by atoms with E-state index in [9.17, 15) is 13.6 Å². The van der Waals surface area contributed by atoms with Crippen LogP contribution in [0.3, 0.4) is 0 Å².